The molecule has 38 heavy (non-hydrogen) atoms. The number of amides is 2. The van der Waals surface area contributed by atoms with Crippen molar-refractivity contribution in [1.29, 1.82) is 0 Å². The first-order valence-electron chi connectivity index (χ1n) is 11.7. The molecule has 0 aliphatic heterocycles. The van der Waals surface area contributed by atoms with E-state index in [9.17, 15) is 19.2 Å². The predicted molar refractivity (Wildman–Crippen MR) is 140 cm³/mol. The Labute approximate surface area is 238 Å². The summed E-state index contributed by atoms with van der Waals surface area (Å²) >= 11 is 0. The van der Waals surface area contributed by atoms with Crippen molar-refractivity contribution in [3.8, 4) is 0 Å². The SMILES string of the molecule is CC(C)(C)OC(=O)NCC/C=C/C=C/C(=O)O.CCOC(=O)/C=C/C=C/CCNC(=O)OC(C)(C)C.[Li+].[OH-]. The van der Waals surface area contributed by atoms with Gasteiger partial charge in [0.1, 0.15) is 11.2 Å². The fourth-order valence-electron chi connectivity index (χ4n) is 1.96. The Morgan fingerprint density at radius 1 is 0.737 bits per heavy atom. The van der Waals surface area contributed by atoms with Gasteiger partial charge in [0.25, 0.3) is 0 Å². The fraction of sp³-hybridized carbons (Fsp3) is 0.538. The van der Waals surface area contributed by atoms with Gasteiger partial charge in [0.05, 0.1) is 6.61 Å². The van der Waals surface area contributed by atoms with Crippen LogP contribution in [0.1, 0.15) is 61.3 Å². The van der Waals surface area contributed by atoms with Gasteiger partial charge in [0.15, 0.2) is 0 Å². The maximum absolute atomic E-state index is 11.3. The number of hydrogen-bond acceptors (Lipinski definition) is 8. The van der Waals surface area contributed by atoms with Crippen LogP contribution in [0.4, 0.5) is 9.59 Å². The van der Waals surface area contributed by atoms with Gasteiger partial charge in [-0.15, -0.1) is 0 Å². The summed E-state index contributed by atoms with van der Waals surface area (Å²) in [5, 5.41) is 13.5. The van der Waals surface area contributed by atoms with E-state index in [2.05, 4.69) is 10.6 Å². The molecule has 2 amide bonds. The van der Waals surface area contributed by atoms with Crippen molar-refractivity contribution in [2.45, 2.75) is 72.5 Å². The van der Waals surface area contributed by atoms with Gasteiger partial charge < -0.3 is 35.4 Å². The Balaban J connectivity index is -0.000000291. The second kappa shape index (κ2) is 24.3. The molecular weight excluding hydrogens is 491 g/mol. The Kier molecular flexibility index (Phi) is 27.0. The molecule has 0 aliphatic carbocycles. The number of aliphatic carboxylic acids is 1. The normalized spacial score (nSPS) is 11.2. The number of ether oxygens (including phenoxy) is 3. The van der Waals surface area contributed by atoms with Crippen LogP contribution in [-0.4, -0.2) is 65.6 Å². The molecule has 0 rings (SSSR count). The van der Waals surface area contributed by atoms with Crippen molar-refractivity contribution < 1.29 is 62.8 Å². The zero-order valence-corrected chi connectivity index (χ0v) is 23.9. The smallest absolute Gasteiger partial charge is 0.870 e. The van der Waals surface area contributed by atoms with Crippen LogP contribution in [0.2, 0.25) is 0 Å². The zero-order chi connectivity index (χ0) is 28.0. The predicted octanol–water partition coefficient (Wildman–Crippen LogP) is 1.50. The number of carbonyl (C=O) groups is 4. The summed E-state index contributed by atoms with van der Waals surface area (Å²) in [6.45, 7) is 13.9. The minimum absolute atomic E-state index is 0. The number of rotatable bonds is 11. The van der Waals surface area contributed by atoms with Crippen molar-refractivity contribution >= 4 is 24.1 Å². The number of alkyl carbamates (subject to hydrolysis) is 2. The molecule has 11 nitrogen and oxygen atoms in total. The minimum atomic E-state index is -0.985. The summed E-state index contributed by atoms with van der Waals surface area (Å²) in [6.07, 6.45) is 12.8. The van der Waals surface area contributed by atoms with Crippen molar-refractivity contribution in [2.75, 3.05) is 19.7 Å². The average molecular weight is 535 g/mol. The van der Waals surface area contributed by atoms with Crippen LogP contribution in [-0.2, 0) is 23.8 Å². The summed E-state index contributed by atoms with van der Waals surface area (Å²) in [5.41, 5.74) is -0.980. The van der Waals surface area contributed by atoms with Gasteiger partial charge in [0.2, 0.25) is 0 Å². The number of carboxylic acids is 1. The molecule has 0 aliphatic rings. The Bertz CT molecular complexity index is 794. The average Bonchev–Trinajstić information content (AvgIpc) is 2.70. The van der Waals surface area contributed by atoms with Crippen molar-refractivity contribution in [3.63, 3.8) is 0 Å². The maximum atomic E-state index is 11.3. The van der Waals surface area contributed by atoms with Crippen molar-refractivity contribution in [3.05, 3.63) is 48.6 Å². The third-order valence-corrected chi connectivity index (χ3v) is 3.21. The van der Waals surface area contributed by atoms with Crippen LogP contribution in [0.25, 0.3) is 0 Å². The minimum Gasteiger partial charge on any atom is -0.870 e. The van der Waals surface area contributed by atoms with E-state index < -0.39 is 29.4 Å². The zero-order valence-electron chi connectivity index (χ0n) is 23.9. The van der Waals surface area contributed by atoms with E-state index in [-0.39, 0.29) is 30.3 Å². The standard InChI is InChI=1S/C14H23NO4.C12H19NO4.Li.H2O/c1-5-18-12(16)10-8-6-7-9-11-15-13(17)19-14(2,3)4;1-12(2,3)17-11(16)13-9-7-5-4-6-8-10(14)15;;/h6-8,10H,5,9,11H2,1-4H3,(H,15,17);4-6,8H,7,9H2,1-3H3,(H,13,16)(H,14,15);;1H2/q;;+1;/p-1/b7-6+,10-8+;5-4+,8-6+;;. The third-order valence-electron chi connectivity index (χ3n) is 3.21. The van der Waals surface area contributed by atoms with Crippen LogP contribution < -0.4 is 29.5 Å². The number of carbonyl (C=O) groups excluding carboxylic acids is 3. The number of nitrogens with one attached hydrogen (secondary N) is 2. The summed E-state index contributed by atoms with van der Waals surface area (Å²) in [5.74, 6) is -1.35. The van der Waals surface area contributed by atoms with E-state index in [0.29, 0.717) is 32.5 Å². The number of esters is 1. The molecule has 4 N–H and O–H groups in total. The number of allylic oxidation sites excluding steroid dienone is 4. The maximum Gasteiger partial charge on any atom is 1.00 e. The van der Waals surface area contributed by atoms with Crippen LogP contribution in [0.5, 0.6) is 0 Å². The summed E-state index contributed by atoms with van der Waals surface area (Å²) in [7, 11) is 0. The van der Waals surface area contributed by atoms with Crippen LogP contribution >= 0.6 is 0 Å². The molecule has 0 heterocycles. The topological polar surface area (TPSA) is 170 Å². The molecule has 212 valence electrons. The van der Waals surface area contributed by atoms with E-state index in [0.717, 1.165) is 6.08 Å². The Morgan fingerprint density at radius 2 is 1.13 bits per heavy atom. The van der Waals surface area contributed by atoms with Gasteiger partial charge in [0, 0.05) is 25.2 Å². The molecule has 0 aromatic carbocycles. The molecule has 0 fully saturated rings. The third kappa shape index (κ3) is 37.5. The molecule has 0 radical (unpaired) electrons. The first kappa shape index (κ1) is 42.1. The molecule has 12 heteroatoms. The van der Waals surface area contributed by atoms with Gasteiger partial charge in [-0.25, -0.2) is 19.2 Å². The molecule has 0 spiro atoms. The Hall–Kier alpha value is -3.00. The largest absolute Gasteiger partial charge is 1.00 e. The number of hydrogen-bond donors (Lipinski definition) is 3. The van der Waals surface area contributed by atoms with Gasteiger partial charge in [-0.1, -0.05) is 36.5 Å². The van der Waals surface area contributed by atoms with Crippen LogP contribution in [0, 0.1) is 0 Å². The quantitative estimate of drug-likeness (QED) is 0.0887. The molecule has 0 saturated carbocycles. The monoisotopic (exact) mass is 534 g/mol. The van der Waals surface area contributed by atoms with Gasteiger partial charge >= 0.3 is 43.0 Å². The first-order chi connectivity index (χ1) is 16.7. The summed E-state index contributed by atoms with van der Waals surface area (Å²) < 4.78 is 14.8. The molecule has 0 saturated heterocycles. The van der Waals surface area contributed by atoms with E-state index >= 15 is 0 Å². The summed E-state index contributed by atoms with van der Waals surface area (Å²) in [6, 6.07) is 0. The fourth-order valence-corrected chi connectivity index (χ4v) is 1.96. The second-order valence-electron chi connectivity index (χ2n) is 9.10. The van der Waals surface area contributed by atoms with Gasteiger partial charge in [-0.2, -0.15) is 0 Å². The molecular formula is C26H43LiN2O9. The molecule has 0 aromatic heterocycles. The van der Waals surface area contributed by atoms with Crippen molar-refractivity contribution in [2.24, 2.45) is 0 Å². The van der Waals surface area contributed by atoms with Crippen molar-refractivity contribution in [1.82, 2.24) is 10.6 Å². The van der Waals surface area contributed by atoms with E-state index in [1.54, 1.807) is 52.0 Å². The Morgan fingerprint density at radius 3 is 1.47 bits per heavy atom. The number of carboxylic acid groups (broad SMARTS) is 1. The first-order valence-corrected chi connectivity index (χ1v) is 11.7. The van der Waals surface area contributed by atoms with E-state index in [1.807, 2.05) is 26.8 Å². The van der Waals surface area contributed by atoms with Crippen LogP contribution in [0.15, 0.2) is 48.6 Å². The second-order valence-corrected chi connectivity index (χ2v) is 9.10. The van der Waals surface area contributed by atoms with Crippen LogP contribution in [0.3, 0.4) is 0 Å². The van der Waals surface area contributed by atoms with Gasteiger partial charge in [-0.3, -0.25) is 0 Å². The molecule has 0 unspecified atom stereocenters. The van der Waals surface area contributed by atoms with E-state index in [4.69, 9.17) is 19.3 Å². The summed E-state index contributed by atoms with van der Waals surface area (Å²) in [4.78, 5) is 43.5. The molecule has 0 bridgehead atoms. The van der Waals surface area contributed by atoms with E-state index in [1.165, 1.54) is 12.2 Å². The molecule has 0 atom stereocenters. The molecule has 0 aromatic rings. The van der Waals surface area contributed by atoms with Gasteiger partial charge in [-0.05, 0) is 61.3 Å².